The molecule has 1 fully saturated rings. The number of anilines is 1. The van der Waals surface area contributed by atoms with Gasteiger partial charge in [-0.15, -0.1) is 5.10 Å². The molecule has 1 amide bonds. The van der Waals surface area contributed by atoms with Gasteiger partial charge in [-0.2, -0.15) is 0 Å². The van der Waals surface area contributed by atoms with Crippen molar-refractivity contribution in [2.45, 2.75) is 38.8 Å². The molecular weight excluding hydrogens is 206 g/mol. The first-order valence-corrected chi connectivity index (χ1v) is 5.58. The third kappa shape index (κ3) is 3.22. The average molecular weight is 223 g/mol. The number of aromatic nitrogens is 3. The van der Waals surface area contributed by atoms with Gasteiger partial charge in [-0.1, -0.05) is 12.8 Å². The van der Waals surface area contributed by atoms with Crippen LogP contribution in [-0.2, 0) is 11.3 Å². The lowest BCUT2D eigenvalue weighted by Crippen LogP contribution is -2.35. The van der Waals surface area contributed by atoms with Crippen molar-refractivity contribution < 1.29 is 4.79 Å². The zero-order valence-corrected chi connectivity index (χ0v) is 9.39. The SMILES string of the molecule is CC(CC1CC1)NC(=O)Cn1cnc(N)n1. The number of rotatable bonds is 5. The Labute approximate surface area is 94.2 Å². The maximum absolute atomic E-state index is 11.6. The molecule has 6 nitrogen and oxygen atoms in total. The van der Waals surface area contributed by atoms with Crippen LogP contribution in [0, 0.1) is 5.92 Å². The first kappa shape index (κ1) is 10.9. The Morgan fingerprint density at radius 2 is 2.50 bits per heavy atom. The minimum atomic E-state index is -0.0435. The molecule has 1 atom stereocenters. The molecule has 88 valence electrons. The largest absolute Gasteiger partial charge is 0.367 e. The average Bonchev–Trinajstić information content (AvgIpc) is 2.89. The predicted molar refractivity (Wildman–Crippen MR) is 59.4 cm³/mol. The zero-order chi connectivity index (χ0) is 11.5. The number of hydrogen-bond acceptors (Lipinski definition) is 4. The molecule has 16 heavy (non-hydrogen) atoms. The van der Waals surface area contributed by atoms with E-state index in [1.165, 1.54) is 23.9 Å². The van der Waals surface area contributed by atoms with Crippen molar-refractivity contribution in [2.75, 3.05) is 5.73 Å². The molecular formula is C10H17N5O. The van der Waals surface area contributed by atoms with Gasteiger partial charge in [0.2, 0.25) is 11.9 Å². The highest BCUT2D eigenvalue weighted by Gasteiger charge is 2.24. The summed E-state index contributed by atoms with van der Waals surface area (Å²) in [5, 5.41) is 6.79. The van der Waals surface area contributed by atoms with E-state index in [2.05, 4.69) is 15.4 Å². The van der Waals surface area contributed by atoms with Crippen LogP contribution >= 0.6 is 0 Å². The molecule has 1 aromatic heterocycles. The molecule has 1 aromatic rings. The van der Waals surface area contributed by atoms with Crippen LogP contribution in [0.2, 0.25) is 0 Å². The quantitative estimate of drug-likeness (QED) is 0.744. The maximum Gasteiger partial charge on any atom is 0.242 e. The van der Waals surface area contributed by atoms with Crippen LogP contribution < -0.4 is 11.1 Å². The number of carbonyl (C=O) groups is 1. The topological polar surface area (TPSA) is 85.8 Å². The Morgan fingerprint density at radius 3 is 3.06 bits per heavy atom. The zero-order valence-electron chi connectivity index (χ0n) is 9.39. The summed E-state index contributed by atoms with van der Waals surface area (Å²) in [5.41, 5.74) is 5.35. The standard InChI is InChI=1S/C10H17N5O/c1-7(4-8-2-3-8)13-9(16)5-15-6-12-10(11)14-15/h6-8H,2-5H2,1H3,(H2,11,14)(H,13,16). The highest BCUT2D eigenvalue weighted by molar-refractivity contribution is 5.75. The molecule has 0 spiro atoms. The fourth-order valence-corrected chi connectivity index (χ4v) is 1.77. The van der Waals surface area contributed by atoms with Gasteiger partial charge in [-0.3, -0.25) is 4.79 Å². The molecule has 0 saturated heterocycles. The first-order chi connectivity index (χ1) is 7.63. The van der Waals surface area contributed by atoms with E-state index >= 15 is 0 Å². The summed E-state index contributed by atoms with van der Waals surface area (Å²) in [6, 6.07) is 0.237. The van der Waals surface area contributed by atoms with E-state index < -0.39 is 0 Å². The second-order valence-electron chi connectivity index (χ2n) is 4.45. The molecule has 0 bridgehead atoms. The van der Waals surface area contributed by atoms with Crippen molar-refractivity contribution in [3.8, 4) is 0 Å². The lowest BCUT2D eigenvalue weighted by molar-refractivity contribution is -0.122. The van der Waals surface area contributed by atoms with Crippen molar-refractivity contribution in [2.24, 2.45) is 5.92 Å². The number of nitrogens with two attached hydrogens (primary N) is 1. The smallest absolute Gasteiger partial charge is 0.242 e. The Morgan fingerprint density at radius 1 is 1.75 bits per heavy atom. The van der Waals surface area contributed by atoms with Crippen molar-refractivity contribution >= 4 is 11.9 Å². The fraction of sp³-hybridized carbons (Fsp3) is 0.700. The Kier molecular flexibility index (Phi) is 3.07. The normalized spacial score (nSPS) is 17.1. The monoisotopic (exact) mass is 223 g/mol. The fourth-order valence-electron chi connectivity index (χ4n) is 1.77. The molecule has 6 heteroatoms. The van der Waals surface area contributed by atoms with Crippen LogP contribution in [-0.4, -0.2) is 26.7 Å². The predicted octanol–water partition coefficient (Wildman–Crippen LogP) is 0.165. The van der Waals surface area contributed by atoms with E-state index in [1.807, 2.05) is 6.92 Å². The minimum Gasteiger partial charge on any atom is -0.367 e. The van der Waals surface area contributed by atoms with E-state index in [4.69, 9.17) is 5.73 Å². The van der Waals surface area contributed by atoms with Crippen LogP contribution in [0.4, 0.5) is 5.95 Å². The number of carbonyl (C=O) groups excluding carboxylic acids is 1. The summed E-state index contributed by atoms with van der Waals surface area (Å²) >= 11 is 0. The lowest BCUT2D eigenvalue weighted by atomic mass is 10.1. The molecule has 0 radical (unpaired) electrons. The minimum absolute atomic E-state index is 0.0435. The van der Waals surface area contributed by atoms with Gasteiger partial charge in [0.25, 0.3) is 0 Å². The summed E-state index contributed by atoms with van der Waals surface area (Å²) in [4.78, 5) is 15.4. The molecule has 0 aromatic carbocycles. The Bertz CT molecular complexity index is 371. The summed E-state index contributed by atoms with van der Waals surface area (Å²) in [6.45, 7) is 2.21. The third-order valence-electron chi connectivity index (χ3n) is 2.65. The number of nitrogens with zero attached hydrogens (tertiary/aromatic N) is 3. The molecule has 1 heterocycles. The van der Waals surface area contributed by atoms with Crippen molar-refractivity contribution in [3.63, 3.8) is 0 Å². The lowest BCUT2D eigenvalue weighted by Gasteiger charge is -2.12. The molecule has 2 rings (SSSR count). The number of hydrogen-bond donors (Lipinski definition) is 2. The number of amides is 1. The van der Waals surface area contributed by atoms with Crippen LogP contribution in [0.15, 0.2) is 6.33 Å². The summed E-state index contributed by atoms with van der Waals surface area (Å²) < 4.78 is 1.44. The van der Waals surface area contributed by atoms with Gasteiger partial charge in [-0.25, -0.2) is 9.67 Å². The number of nitrogen functional groups attached to an aromatic ring is 1. The van der Waals surface area contributed by atoms with E-state index in [0.29, 0.717) is 0 Å². The van der Waals surface area contributed by atoms with E-state index in [0.717, 1.165) is 12.3 Å². The van der Waals surface area contributed by atoms with Crippen LogP contribution in [0.25, 0.3) is 0 Å². The molecule has 0 aliphatic heterocycles. The third-order valence-corrected chi connectivity index (χ3v) is 2.65. The van der Waals surface area contributed by atoms with Crippen LogP contribution in [0.3, 0.4) is 0 Å². The highest BCUT2D eigenvalue weighted by Crippen LogP contribution is 2.33. The van der Waals surface area contributed by atoms with Gasteiger partial charge in [0.1, 0.15) is 12.9 Å². The molecule has 1 aliphatic carbocycles. The second-order valence-corrected chi connectivity index (χ2v) is 4.45. The maximum atomic E-state index is 11.6. The number of nitrogens with one attached hydrogen (secondary N) is 1. The van der Waals surface area contributed by atoms with E-state index in [9.17, 15) is 4.79 Å². The summed E-state index contributed by atoms with van der Waals surface area (Å²) in [5.74, 6) is 0.967. The molecule has 3 N–H and O–H groups in total. The second kappa shape index (κ2) is 4.51. The van der Waals surface area contributed by atoms with E-state index in [1.54, 1.807) is 0 Å². The Balaban J connectivity index is 1.74. The first-order valence-electron chi connectivity index (χ1n) is 5.58. The van der Waals surface area contributed by atoms with Crippen molar-refractivity contribution in [1.82, 2.24) is 20.1 Å². The van der Waals surface area contributed by atoms with Gasteiger partial charge < -0.3 is 11.1 Å². The van der Waals surface area contributed by atoms with Crippen LogP contribution in [0.5, 0.6) is 0 Å². The van der Waals surface area contributed by atoms with Gasteiger partial charge in [-0.05, 0) is 19.3 Å². The summed E-state index contributed by atoms with van der Waals surface area (Å²) in [6.07, 6.45) is 5.14. The van der Waals surface area contributed by atoms with Crippen LogP contribution in [0.1, 0.15) is 26.2 Å². The molecule has 1 unspecified atom stereocenters. The molecule has 1 aliphatic rings. The van der Waals surface area contributed by atoms with Gasteiger partial charge in [0, 0.05) is 6.04 Å². The van der Waals surface area contributed by atoms with Crippen molar-refractivity contribution in [1.29, 1.82) is 0 Å². The molecule has 1 saturated carbocycles. The Hall–Kier alpha value is -1.59. The van der Waals surface area contributed by atoms with Crippen molar-refractivity contribution in [3.05, 3.63) is 6.33 Å². The highest BCUT2D eigenvalue weighted by atomic mass is 16.2. The summed E-state index contributed by atoms with van der Waals surface area (Å²) in [7, 11) is 0. The van der Waals surface area contributed by atoms with Gasteiger partial charge in [0.05, 0.1) is 0 Å². The van der Waals surface area contributed by atoms with Gasteiger partial charge in [0.15, 0.2) is 0 Å². The van der Waals surface area contributed by atoms with Gasteiger partial charge >= 0.3 is 0 Å². The van der Waals surface area contributed by atoms with E-state index in [-0.39, 0.29) is 24.4 Å².